The van der Waals surface area contributed by atoms with Crippen molar-refractivity contribution in [1.29, 1.82) is 0 Å². The second-order valence-corrected chi connectivity index (χ2v) is 6.59. The van der Waals surface area contributed by atoms with Crippen molar-refractivity contribution < 1.29 is 0 Å². The van der Waals surface area contributed by atoms with Gasteiger partial charge in [-0.2, -0.15) is 0 Å². The van der Waals surface area contributed by atoms with Crippen LogP contribution < -0.4 is 10.6 Å². The number of aromatic nitrogens is 1. The molecule has 0 spiro atoms. The molecule has 0 unspecified atom stereocenters. The Morgan fingerprint density at radius 3 is 2.33 bits per heavy atom. The molecule has 21 heavy (non-hydrogen) atoms. The molecular weight excluding hydrogens is 375 g/mol. The van der Waals surface area contributed by atoms with Crippen LogP contribution in [0.4, 0.5) is 11.5 Å². The van der Waals surface area contributed by atoms with Crippen LogP contribution in [-0.4, -0.2) is 36.1 Å². The summed E-state index contributed by atoms with van der Waals surface area (Å²) < 4.78 is 1.29. The Balaban J connectivity index is 1.55. The van der Waals surface area contributed by atoms with E-state index in [0.29, 0.717) is 0 Å². The highest BCUT2D eigenvalue weighted by Crippen LogP contribution is 2.16. The van der Waals surface area contributed by atoms with Gasteiger partial charge in [0, 0.05) is 36.3 Å². The minimum atomic E-state index is 0.719. The number of halogens is 1. The molecule has 0 saturated carbocycles. The van der Waals surface area contributed by atoms with Crippen molar-refractivity contribution in [1.82, 2.24) is 9.88 Å². The molecule has 0 aliphatic carbocycles. The fourth-order valence-corrected chi connectivity index (χ4v) is 2.93. The molecule has 0 amide bonds. The van der Waals surface area contributed by atoms with E-state index >= 15 is 0 Å². The molecule has 1 aliphatic rings. The topological polar surface area (TPSA) is 45.4 Å². The number of hydrogen-bond donors (Lipinski definition) is 1. The molecule has 1 aliphatic heterocycles. The first-order valence-electron chi connectivity index (χ1n) is 7.14. The van der Waals surface area contributed by atoms with Crippen molar-refractivity contribution in [3.05, 3.63) is 51.7 Å². The summed E-state index contributed by atoms with van der Waals surface area (Å²) in [4.78, 5) is 9.22. The Labute approximate surface area is 139 Å². The van der Waals surface area contributed by atoms with Crippen molar-refractivity contribution in [3.8, 4) is 0 Å². The zero-order valence-corrected chi connectivity index (χ0v) is 14.0. The third-order valence-corrected chi connectivity index (χ3v) is 4.51. The molecule has 0 radical (unpaired) electrons. The quantitative estimate of drug-likeness (QED) is 0.814. The summed E-state index contributed by atoms with van der Waals surface area (Å²) >= 11 is 2.34. The van der Waals surface area contributed by atoms with E-state index in [1.165, 1.54) is 9.13 Å². The number of rotatable bonds is 3. The lowest BCUT2D eigenvalue weighted by Crippen LogP contribution is -2.46. The molecule has 110 valence electrons. The van der Waals surface area contributed by atoms with E-state index in [-0.39, 0.29) is 0 Å². The first-order chi connectivity index (χ1) is 10.2. The van der Waals surface area contributed by atoms with Gasteiger partial charge in [0.1, 0.15) is 5.82 Å². The Bertz CT molecular complexity index is 574. The SMILES string of the molecule is Nc1ccc(N2CCN(Cc3ccc(I)cc3)CC2)nc1. The number of anilines is 2. The first kappa shape index (κ1) is 14.6. The summed E-state index contributed by atoms with van der Waals surface area (Å²) in [6.07, 6.45) is 1.73. The smallest absolute Gasteiger partial charge is 0.128 e. The highest BCUT2D eigenvalue weighted by molar-refractivity contribution is 14.1. The van der Waals surface area contributed by atoms with Crippen LogP contribution in [0.15, 0.2) is 42.6 Å². The van der Waals surface area contributed by atoms with Gasteiger partial charge in [0.2, 0.25) is 0 Å². The number of hydrogen-bond acceptors (Lipinski definition) is 4. The number of pyridine rings is 1. The standard InChI is InChI=1S/C16H19IN4/c17-14-3-1-13(2-4-14)12-20-7-9-21(10-8-20)16-6-5-15(18)11-19-16/h1-6,11H,7-10,12,18H2. The fourth-order valence-electron chi connectivity index (χ4n) is 2.57. The van der Waals surface area contributed by atoms with Gasteiger partial charge in [0.15, 0.2) is 0 Å². The third kappa shape index (κ3) is 3.85. The number of nitrogens with zero attached hydrogens (tertiary/aromatic N) is 3. The highest BCUT2D eigenvalue weighted by atomic mass is 127. The van der Waals surface area contributed by atoms with Crippen LogP contribution in [0, 0.1) is 3.57 Å². The minimum Gasteiger partial charge on any atom is -0.397 e. The van der Waals surface area contributed by atoms with Crippen molar-refractivity contribution in [2.45, 2.75) is 6.54 Å². The Kier molecular flexibility index (Phi) is 4.60. The second-order valence-electron chi connectivity index (χ2n) is 5.34. The van der Waals surface area contributed by atoms with Gasteiger partial charge in [-0.05, 0) is 52.4 Å². The summed E-state index contributed by atoms with van der Waals surface area (Å²) in [7, 11) is 0. The number of nitrogens with two attached hydrogens (primary N) is 1. The molecule has 0 atom stereocenters. The van der Waals surface area contributed by atoms with E-state index in [1.807, 2.05) is 12.1 Å². The molecule has 4 nitrogen and oxygen atoms in total. The van der Waals surface area contributed by atoms with Crippen molar-refractivity contribution in [3.63, 3.8) is 0 Å². The molecule has 2 heterocycles. The van der Waals surface area contributed by atoms with Crippen LogP contribution in [-0.2, 0) is 6.54 Å². The van der Waals surface area contributed by atoms with E-state index in [4.69, 9.17) is 5.73 Å². The summed E-state index contributed by atoms with van der Waals surface area (Å²) in [5.74, 6) is 1.03. The van der Waals surface area contributed by atoms with E-state index in [2.05, 4.69) is 61.6 Å². The monoisotopic (exact) mass is 394 g/mol. The average Bonchev–Trinajstić information content (AvgIpc) is 2.51. The highest BCUT2D eigenvalue weighted by Gasteiger charge is 2.17. The van der Waals surface area contributed by atoms with Crippen LogP contribution in [0.25, 0.3) is 0 Å². The predicted octanol–water partition coefficient (Wildman–Crippen LogP) is 2.59. The summed E-state index contributed by atoms with van der Waals surface area (Å²) in [6, 6.07) is 12.7. The molecule has 5 heteroatoms. The van der Waals surface area contributed by atoms with Gasteiger partial charge in [-0.15, -0.1) is 0 Å². The zero-order valence-electron chi connectivity index (χ0n) is 11.9. The first-order valence-corrected chi connectivity index (χ1v) is 8.22. The Morgan fingerprint density at radius 1 is 1.00 bits per heavy atom. The van der Waals surface area contributed by atoms with E-state index in [0.717, 1.165) is 44.2 Å². The molecule has 1 aromatic carbocycles. The van der Waals surface area contributed by atoms with Gasteiger partial charge in [-0.25, -0.2) is 4.98 Å². The minimum absolute atomic E-state index is 0.719. The lowest BCUT2D eigenvalue weighted by Gasteiger charge is -2.35. The second kappa shape index (κ2) is 6.62. The molecule has 1 saturated heterocycles. The van der Waals surface area contributed by atoms with Crippen LogP contribution in [0.3, 0.4) is 0 Å². The molecule has 2 aromatic rings. The van der Waals surface area contributed by atoms with Gasteiger partial charge < -0.3 is 10.6 Å². The number of piperazine rings is 1. The van der Waals surface area contributed by atoms with Gasteiger partial charge in [-0.3, -0.25) is 4.90 Å². The predicted molar refractivity (Wildman–Crippen MR) is 95.3 cm³/mol. The lowest BCUT2D eigenvalue weighted by atomic mass is 10.2. The van der Waals surface area contributed by atoms with Crippen molar-refractivity contribution in [2.24, 2.45) is 0 Å². The summed E-state index contributed by atoms with van der Waals surface area (Å²) in [5.41, 5.74) is 7.79. The molecule has 3 rings (SSSR count). The maximum Gasteiger partial charge on any atom is 0.128 e. The van der Waals surface area contributed by atoms with Crippen LogP contribution in [0.2, 0.25) is 0 Å². The van der Waals surface area contributed by atoms with Gasteiger partial charge in [0.05, 0.1) is 11.9 Å². The summed E-state index contributed by atoms with van der Waals surface area (Å²) in [6.45, 7) is 5.19. The fraction of sp³-hybridized carbons (Fsp3) is 0.312. The Hall–Kier alpha value is -1.34. The van der Waals surface area contributed by atoms with Crippen molar-refractivity contribution in [2.75, 3.05) is 36.8 Å². The zero-order chi connectivity index (χ0) is 14.7. The molecule has 1 aromatic heterocycles. The maximum atomic E-state index is 5.69. The number of benzene rings is 1. The molecule has 0 bridgehead atoms. The third-order valence-electron chi connectivity index (χ3n) is 3.79. The van der Waals surface area contributed by atoms with E-state index in [1.54, 1.807) is 6.20 Å². The van der Waals surface area contributed by atoms with Gasteiger partial charge in [-0.1, -0.05) is 12.1 Å². The van der Waals surface area contributed by atoms with E-state index < -0.39 is 0 Å². The summed E-state index contributed by atoms with van der Waals surface area (Å²) in [5, 5.41) is 0. The molecular formula is C16H19IN4. The molecule has 1 fully saturated rings. The largest absolute Gasteiger partial charge is 0.397 e. The van der Waals surface area contributed by atoms with Crippen LogP contribution >= 0.6 is 22.6 Å². The average molecular weight is 394 g/mol. The van der Waals surface area contributed by atoms with Gasteiger partial charge in [0.25, 0.3) is 0 Å². The lowest BCUT2D eigenvalue weighted by molar-refractivity contribution is 0.249. The maximum absolute atomic E-state index is 5.69. The van der Waals surface area contributed by atoms with Crippen molar-refractivity contribution >= 4 is 34.1 Å². The van der Waals surface area contributed by atoms with Crippen LogP contribution in [0.5, 0.6) is 0 Å². The normalized spacial score (nSPS) is 16.1. The van der Waals surface area contributed by atoms with Gasteiger partial charge >= 0.3 is 0 Å². The van der Waals surface area contributed by atoms with E-state index in [9.17, 15) is 0 Å². The number of nitrogen functional groups attached to an aromatic ring is 1. The molecule has 2 N–H and O–H groups in total. The van der Waals surface area contributed by atoms with Crippen LogP contribution in [0.1, 0.15) is 5.56 Å². The Morgan fingerprint density at radius 2 is 1.71 bits per heavy atom.